The average molecular weight is 540 g/mol. The minimum atomic E-state index is -4.60. The Hall–Kier alpha value is -2.48. The summed E-state index contributed by atoms with van der Waals surface area (Å²) in [5.74, 6) is -0.752. The first kappa shape index (κ1) is 29.1. The fourth-order valence-electron chi connectivity index (χ4n) is 4.69. The number of benzene rings is 3. The van der Waals surface area contributed by atoms with E-state index in [1.807, 2.05) is 13.8 Å². The zero-order valence-corrected chi connectivity index (χ0v) is 21.6. The monoisotopic (exact) mass is 539 g/mol. The fourth-order valence-corrected chi connectivity index (χ4v) is 4.92. The van der Waals surface area contributed by atoms with Crippen molar-refractivity contribution >= 4 is 11.6 Å². The highest BCUT2D eigenvalue weighted by Crippen LogP contribution is 2.40. The SMILES string of the molecule is CC.OC1(c2ccc(Cl)c(C(F)(F)F)c2)CCN(CCC(c2ccc(F)cc2)c2ccc(F)cc2)CC1. The van der Waals surface area contributed by atoms with Gasteiger partial charge in [0.05, 0.1) is 16.2 Å². The minimum absolute atomic E-state index is 0.0809. The smallest absolute Gasteiger partial charge is 0.385 e. The lowest BCUT2D eigenvalue weighted by Gasteiger charge is -2.39. The summed E-state index contributed by atoms with van der Waals surface area (Å²) in [6, 6.07) is 16.0. The highest BCUT2D eigenvalue weighted by Gasteiger charge is 2.38. The normalized spacial score (nSPS) is 15.8. The molecule has 3 aromatic carbocycles. The lowest BCUT2D eigenvalue weighted by atomic mass is 9.83. The number of nitrogens with zero attached hydrogens (tertiary/aromatic N) is 1. The summed E-state index contributed by atoms with van der Waals surface area (Å²) in [7, 11) is 0. The molecule has 0 amide bonds. The van der Waals surface area contributed by atoms with Crippen LogP contribution < -0.4 is 0 Å². The van der Waals surface area contributed by atoms with Crippen molar-refractivity contribution < 1.29 is 27.1 Å². The number of piperidine rings is 1. The van der Waals surface area contributed by atoms with E-state index in [1.54, 1.807) is 24.3 Å². The molecule has 0 atom stereocenters. The molecule has 0 radical (unpaired) electrons. The lowest BCUT2D eigenvalue weighted by Crippen LogP contribution is -2.43. The molecule has 1 heterocycles. The molecule has 0 aromatic heterocycles. The van der Waals surface area contributed by atoms with Gasteiger partial charge in [0.1, 0.15) is 11.6 Å². The van der Waals surface area contributed by atoms with E-state index < -0.39 is 22.4 Å². The molecule has 1 aliphatic rings. The predicted octanol–water partition coefficient (Wildman–Crippen LogP) is 8.17. The van der Waals surface area contributed by atoms with E-state index >= 15 is 0 Å². The Kier molecular flexibility index (Phi) is 9.73. The van der Waals surface area contributed by atoms with Gasteiger partial charge in [0.2, 0.25) is 0 Å². The van der Waals surface area contributed by atoms with E-state index in [0.29, 0.717) is 26.1 Å². The van der Waals surface area contributed by atoms with Crippen LogP contribution in [0.1, 0.15) is 61.3 Å². The van der Waals surface area contributed by atoms with Crippen molar-refractivity contribution in [1.29, 1.82) is 0 Å². The summed E-state index contributed by atoms with van der Waals surface area (Å²) in [4.78, 5) is 2.15. The van der Waals surface area contributed by atoms with Gasteiger partial charge >= 0.3 is 6.18 Å². The molecule has 2 nitrogen and oxygen atoms in total. The number of rotatable bonds is 6. The van der Waals surface area contributed by atoms with E-state index in [1.165, 1.54) is 36.4 Å². The molecule has 37 heavy (non-hydrogen) atoms. The van der Waals surface area contributed by atoms with Gasteiger partial charge in [-0.1, -0.05) is 55.8 Å². The van der Waals surface area contributed by atoms with Gasteiger partial charge in [-0.2, -0.15) is 13.2 Å². The molecule has 1 fully saturated rings. The standard InChI is InChI=1S/C27H25ClF5NO.C2H6/c28-25-10-5-20(17-24(25)27(31,32)33)26(35)12-15-34(16-13-26)14-11-23(18-1-6-21(29)7-2-18)19-3-8-22(30)9-4-19;1-2/h1-10,17,23,35H,11-16H2;1-2H3. The zero-order chi connectivity index (χ0) is 27.2. The second-order valence-corrected chi connectivity index (χ2v) is 9.42. The van der Waals surface area contributed by atoms with Crippen LogP contribution in [-0.4, -0.2) is 29.6 Å². The molecule has 4 rings (SSSR count). The van der Waals surface area contributed by atoms with Crippen LogP contribution in [0, 0.1) is 11.6 Å². The molecule has 0 saturated carbocycles. The first-order valence-electron chi connectivity index (χ1n) is 12.4. The van der Waals surface area contributed by atoms with Crippen LogP contribution in [0.25, 0.3) is 0 Å². The Labute approximate surface area is 219 Å². The van der Waals surface area contributed by atoms with Crippen LogP contribution in [-0.2, 0) is 11.8 Å². The number of likely N-dealkylation sites (tertiary alicyclic amines) is 1. The van der Waals surface area contributed by atoms with Crippen LogP contribution in [0.5, 0.6) is 0 Å². The topological polar surface area (TPSA) is 23.5 Å². The molecule has 0 unspecified atom stereocenters. The summed E-state index contributed by atoms with van der Waals surface area (Å²) in [6.45, 7) is 5.66. The molecule has 200 valence electrons. The molecule has 8 heteroatoms. The number of hydrogen-bond donors (Lipinski definition) is 1. The van der Waals surface area contributed by atoms with Crippen molar-refractivity contribution in [2.24, 2.45) is 0 Å². The number of aliphatic hydroxyl groups is 1. The summed E-state index contributed by atoms with van der Waals surface area (Å²) < 4.78 is 66.7. The zero-order valence-electron chi connectivity index (χ0n) is 20.8. The van der Waals surface area contributed by atoms with Crippen molar-refractivity contribution in [2.75, 3.05) is 19.6 Å². The Balaban J connectivity index is 0.00000186. The van der Waals surface area contributed by atoms with Gasteiger partial charge in [-0.05, 0) is 78.9 Å². The second kappa shape index (κ2) is 12.4. The van der Waals surface area contributed by atoms with Gasteiger partial charge in [0.15, 0.2) is 0 Å². The third-order valence-electron chi connectivity index (χ3n) is 6.77. The van der Waals surface area contributed by atoms with E-state index in [9.17, 15) is 27.1 Å². The van der Waals surface area contributed by atoms with Crippen molar-refractivity contribution in [3.63, 3.8) is 0 Å². The molecule has 0 bridgehead atoms. The van der Waals surface area contributed by atoms with Crippen molar-refractivity contribution in [3.05, 3.63) is 106 Å². The van der Waals surface area contributed by atoms with Crippen molar-refractivity contribution in [2.45, 2.75) is 50.8 Å². The minimum Gasteiger partial charge on any atom is -0.385 e. The maximum atomic E-state index is 13.5. The van der Waals surface area contributed by atoms with Crippen LogP contribution in [0.15, 0.2) is 66.7 Å². The summed E-state index contributed by atoms with van der Waals surface area (Å²) in [6.07, 6.45) is -3.36. The molecule has 0 spiro atoms. The third kappa shape index (κ3) is 7.30. The second-order valence-electron chi connectivity index (χ2n) is 9.01. The first-order chi connectivity index (χ1) is 17.5. The largest absolute Gasteiger partial charge is 0.417 e. The first-order valence-corrected chi connectivity index (χ1v) is 12.8. The van der Waals surface area contributed by atoms with E-state index in [-0.39, 0.29) is 36.0 Å². The Morgan fingerprint density at radius 3 is 1.81 bits per heavy atom. The van der Waals surface area contributed by atoms with Gasteiger partial charge in [-0.25, -0.2) is 8.78 Å². The Bertz CT molecular complexity index is 1090. The van der Waals surface area contributed by atoms with E-state index in [2.05, 4.69) is 4.90 Å². The number of halogens is 6. The van der Waals surface area contributed by atoms with E-state index in [4.69, 9.17) is 11.6 Å². The third-order valence-corrected chi connectivity index (χ3v) is 7.10. The number of alkyl halides is 3. The molecular weight excluding hydrogens is 509 g/mol. The maximum absolute atomic E-state index is 13.5. The molecule has 1 aliphatic heterocycles. The van der Waals surface area contributed by atoms with Crippen LogP contribution >= 0.6 is 11.6 Å². The average Bonchev–Trinajstić information content (AvgIpc) is 2.88. The summed E-state index contributed by atoms with van der Waals surface area (Å²) in [5.41, 5.74) is -0.285. The summed E-state index contributed by atoms with van der Waals surface area (Å²) >= 11 is 5.73. The van der Waals surface area contributed by atoms with Gasteiger partial charge < -0.3 is 10.0 Å². The lowest BCUT2D eigenvalue weighted by molar-refractivity contribution is -0.137. The molecule has 1 saturated heterocycles. The maximum Gasteiger partial charge on any atom is 0.417 e. The van der Waals surface area contributed by atoms with Crippen LogP contribution in [0.2, 0.25) is 5.02 Å². The van der Waals surface area contributed by atoms with Gasteiger partial charge in [-0.15, -0.1) is 0 Å². The van der Waals surface area contributed by atoms with Crippen LogP contribution in [0.4, 0.5) is 22.0 Å². The molecule has 3 aromatic rings. The van der Waals surface area contributed by atoms with Crippen molar-refractivity contribution in [3.8, 4) is 0 Å². The van der Waals surface area contributed by atoms with Crippen molar-refractivity contribution in [1.82, 2.24) is 4.90 Å². The number of hydrogen-bond acceptors (Lipinski definition) is 2. The Morgan fingerprint density at radius 1 is 0.865 bits per heavy atom. The van der Waals surface area contributed by atoms with Gasteiger partial charge in [0.25, 0.3) is 0 Å². The molecule has 1 N–H and O–H groups in total. The highest BCUT2D eigenvalue weighted by molar-refractivity contribution is 6.31. The van der Waals surface area contributed by atoms with Gasteiger partial charge in [0, 0.05) is 19.0 Å². The predicted molar refractivity (Wildman–Crippen MR) is 137 cm³/mol. The van der Waals surface area contributed by atoms with Gasteiger partial charge in [-0.3, -0.25) is 0 Å². The quantitative estimate of drug-likeness (QED) is 0.319. The van der Waals surface area contributed by atoms with Crippen LogP contribution in [0.3, 0.4) is 0 Å². The molecular formula is C29H31ClF5NO. The van der Waals surface area contributed by atoms with E-state index in [0.717, 1.165) is 17.2 Å². The summed E-state index contributed by atoms with van der Waals surface area (Å²) in [5, 5.41) is 10.7. The fraction of sp³-hybridized carbons (Fsp3) is 0.379. The Morgan fingerprint density at radius 2 is 1.35 bits per heavy atom. The molecule has 0 aliphatic carbocycles. The highest BCUT2D eigenvalue weighted by atomic mass is 35.5.